The van der Waals surface area contributed by atoms with Crippen molar-refractivity contribution in [2.75, 3.05) is 11.9 Å². The first-order valence-corrected chi connectivity index (χ1v) is 12.6. The molecule has 1 saturated heterocycles. The molecule has 3 atom stereocenters. The first kappa shape index (κ1) is 26.2. The van der Waals surface area contributed by atoms with Crippen molar-refractivity contribution in [3.05, 3.63) is 40.6 Å². The normalized spacial score (nSPS) is 28.7. The fraction of sp³-hybridized carbons (Fsp3) is 0.450. The molecule has 16 heteroatoms. The van der Waals surface area contributed by atoms with Crippen LogP contribution in [-0.4, -0.2) is 58.8 Å². The molecule has 2 aliphatic rings. The number of aliphatic imine (C=N–C) groups is 1. The molecule has 2 aromatic rings. The highest BCUT2D eigenvalue weighted by Gasteiger charge is 2.62. The summed E-state index contributed by atoms with van der Waals surface area (Å²) in [5, 5.41) is 16.4. The number of carboxylic acid groups (broad SMARTS) is 1. The third-order valence-electron chi connectivity index (χ3n) is 6.35. The molecule has 4 rings (SSSR count). The highest BCUT2D eigenvalue weighted by Crippen LogP contribution is 2.67. The molecule has 1 unspecified atom stereocenters. The van der Waals surface area contributed by atoms with Crippen molar-refractivity contribution in [1.82, 2.24) is 24.8 Å². The Bertz CT molecular complexity index is 1280. The monoisotopic (exact) mass is 549 g/mol. The lowest BCUT2D eigenvalue weighted by Crippen LogP contribution is -2.59. The minimum atomic E-state index is -3.01. The van der Waals surface area contributed by atoms with Crippen LogP contribution in [0, 0.1) is 5.82 Å². The van der Waals surface area contributed by atoms with Crippen LogP contribution < -0.4 is 15.4 Å². The Morgan fingerprint density at radius 2 is 2.00 bits per heavy atom. The van der Waals surface area contributed by atoms with E-state index < -0.39 is 56.1 Å². The van der Waals surface area contributed by atoms with Crippen molar-refractivity contribution in [3.8, 4) is 0 Å². The number of amidine groups is 1. The number of carbonyl (C=O) groups is 2. The maximum Gasteiger partial charge on any atom is 0.410 e. The number of fused-ring (bicyclic) bond motifs is 1. The van der Waals surface area contributed by atoms with E-state index in [0.29, 0.717) is 13.0 Å². The second-order valence-corrected chi connectivity index (χ2v) is 12.4. The van der Waals surface area contributed by atoms with Gasteiger partial charge in [-0.25, -0.2) is 18.9 Å². The number of halogens is 4. The second-order valence-electron chi connectivity index (χ2n) is 8.91. The Balaban J connectivity index is 1.77. The highest BCUT2D eigenvalue weighted by atomic mass is 35.5. The summed E-state index contributed by atoms with van der Waals surface area (Å²) < 4.78 is 54.8. The van der Waals surface area contributed by atoms with Gasteiger partial charge in [-0.2, -0.15) is 13.9 Å². The van der Waals surface area contributed by atoms with Gasteiger partial charge < -0.3 is 15.0 Å². The van der Waals surface area contributed by atoms with Gasteiger partial charge in [0.15, 0.2) is 5.69 Å². The summed E-state index contributed by atoms with van der Waals surface area (Å²) in [5.41, 5.74) is -2.26. The molecule has 4 heterocycles. The van der Waals surface area contributed by atoms with Crippen molar-refractivity contribution in [2.24, 2.45) is 4.99 Å². The zero-order valence-electron chi connectivity index (χ0n) is 19.2. The van der Waals surface area contributed by atoms with E-state index in [1.807, 2.05) is 0 Å². The molecule has 196 valence electrons. The molecule has 0 radical (unpaired) electrons. The molecule has 2 aliphatic heterocycles. The number of carbonyl (C=O) groups excluding carboxylic acids is 1. The highest BCUT2D eigenvalue weighted by molar-refractivity contribution is 8.29. The molecule has 1 fully saturated rings. The smallest absolute Gasteiger partial charge is 0.410 e. The van der Waals surface area contributed by atoms with Gasteiger partial charge in [0.05, 0.1) is 21.2 Å². The van der Waals surface area contributed by atoms with Crippen LogP contribution in [0.5, 0.6) is 0 Å². The topological polar surface area (TPSA) is 154 Å². The molecule has 11 nitrogen and oxygen atoms in total. The Morgan fingerprint density at radius 3 is 2.61 bits per heavy atom. The summed E-state index contributed by atoms with van der Waals surface area (Å²) >= 11 is 5.85. The van der Waals surface area contributed by atoms with Crippen LogP contribution in [0.4, 0.5) is 23.8 Å². The zero-order valence-corrected chi connectivity index (χ0v) is 20.8. The number of alkyl halides is 2. The molecule has 2 amide bonds. The van der Waals surface area contributed by atoms with E-state index in [1.165, 1.54) is 6.92 Å². The summed E-state index contributed by atoms with van der Waals surface area (Å²) in [4.78, 5) is 32.8. The van der Waals surface area contributed by atoms with Gasteiger partial charge in [-0.15, -0.1) is 0 Å². The van der Waals surface area contributed by atoms with Crippen LogP contribution in [0.2, 0.25) is 5.02 Å². The second kappa shape index (κ2) is 8.90. The average Bonchev–Trinajstić information content (AvgIpc) is 3.38. The van der Waals surface area contributed by atoms with Gasteiger partial charge in [-0.05, 0) is 39.3 Å². The molecule has 2 aromatic heterocycles. The zero-order chi connectivity index (χ0) is 26.6. The minimum Gasteiger partial charge on any atom is -0.465 e. The summed E-state index contributed by atoms with van der Waals surface area (Å²) in [6.45, 7) is 2.19. The van der Waals surface area contributed by atoms with Gasteiger partial charge in [-0.1, -0.05) is 22.1 Å². The number of rotatable bonds is 4. The van der Waals surface area contributed by atoms with Gasteiger partial charge in [0.2, 0.25) is 0 Å². The van der Waals surface area contributed by atoms with Crippen LogP contribution in [0.25, 0.3) is 0 Å². The van der Waals surface area contributed by atoms with Gasteiger partial charge in [-0.3, -0.25) is 19.8 Å². The van der Waals surface area contributed by atoms with Crippen LogP contribution in [0.1, 0.15) is 49.9 Å². The van der Waals surface area contributed by atoms with E-state index in [2.05, 4.69) is 30.4 Å². The SMILES string of the molecule is CC1(C)C(NC(=O)O)=N[C@](C)(c2nc(NC(=O)c3nn(C(F)F)cc3Cl)ccc2F)[C@@H]2CCNS21O. The van der Waals surface area contributed by atoms with Gasteiger partial charge in [0.25, 0.3) is 5.91 Å². The molecule has 0 aromatic carbocycles. The molecule has 36 heavy (non-hydrogen) atoms. The lowest BCUT2D eigenvalue weighted by molar-refractivity contribution is 0.0561. The molecular formula is C20H23ClF3N7O4S. The van der Waals surface area contributed by atoms with E-state index in [9.17, 15) is 28.0 Å². The van der Waals surface area contributed by atoms with Crippen molar-refractivity contribution < 1.29 is 32.4 Å². The lowest BCUT2D eigenvalue weighted by atomic mass is 9.89. The maximum absolute atomic E-state index is 15.2. The number of nitrogens with one attached hydrogen (secondary N) is 3. The third kappa shape index (κ3) is 4.09. The lowest BCUT2D eigenvalue weighted by Gasteiger charge is -2.56. The van der Waals surface area contributed by atoms with Crippen molar-refractivity contribution in [2.45, 2.75) is 49.3 Å². The number of amides is 2. The van der Waals surface area contributed by atoms with Gasteiger partial charge >= 0.3 is 12.6 Å². The number of aromatic nitrogens is 3. The number of hydrogen-bond donors (Lipinski definition) is 5. The summed E-state index contributed by atoms with van der Waals surface area (Å²) in [5.74, 6) is -1.98. The molecule has 0 aliphatic carbocycles. The Hall–Kier alpha value is -2.88. The predicted molar refractivity (Wildman–Crippen MR) is 127 cm³/mol. The molecule has 0 bridgehead atoms. The number of hydrogen-bond acceptors (Lipinski definition) is 7. The summed E-state index contributed by atoms with van der Waals surface area (Å²) in [7, 11) is -2.78. The van der Waals surface area contributed by atoms with Gasteiger partial charge in [0, 0.05) is 6.54 Å². The Labute approximate surface area is 209 Å². The van der Waals surface area contributed by atoms with Crippen molar-refractivity contribution in [1.29, 1.82) is 0 Å². The van der Waals surface area contributed by atoms with Crippen LogP contribution in [-0.2, 0) is 5.54 Å². The van der Waals surface area contributed by atoms with Crippen molar-refractivity contribution in [3.63, 3.8) is 0 Å². The Morgan fingerprint density at radius 1 is 1.31 bits per heavy atom. The third-order valence-corrected chi connectivity index (χ3v) is 10.5. The van der Waals surface area contributed by atoms with E-state index in [-0.39, 0.29) is 27.1 Å². The van der Waals surface area contributed by atoms with Crippen LogP contribution in [0.15, 0.2) is 23.3 Å². The van der Waals surface area contributed by atoms with E-state index in [0.717, 1.165) is 18.3 Å². The van der Waals surface area contributed by atoms with Gasteiger partial charge in [0.1, 0.15) is 28.7 Å². The van der Waals surface area contributed by atoms with Crippen LogP contribution in [0.3, 0.4) is 0 Å². The number of anilines is 1. The largest absolute Gasteiger partial charge is 0.465 e. The number of pyridine rings is 1. The van der Waals surface area contributed by atoms with E-state index in [4.69, 9.17) is 11.6 Å². The first-order valence-electron chi connectivity index (χ1n) is 10.6. The average molecular weight is 550 g/mol. The summed E-state index contributed by atoms with van der Waals surface area (Å²) in [6, 6.07) is 2.18. The first-order chi connectivity index (χ1) is 16.7. The van der Waals surface area contributed by atoms with E-state index >= 15 is 4.39 Å². The van der Waals surface area contributed by atoms with E-state index in [1.54, 1.807) is 13.8 Å². The molecule has 0 spiro atoms. The van der Waals surface area contributed by atoms with Crippen LogP contribution >= 0.6 is 22.1 Å². The Kier molecular flexibility index (Phi) is 6.47. The predicted octanol–water partition coefficient (Wildman–Crippen LogP) is 3.95. The minimum absolute atomic E-state index is 0.0689. The number of nitrogens with zero attached hydrogens (tertiary/aromatic N) is 4. The quantitative estimate of drug-likeness (QED) is 0.387. The fourth-order valence-corrected chi connectivity index (χ4v) is 8.11. The maximum atomic E-state index is 15.2. The summed E-state index contributed by atoms with van der Waals surface area (Å²) in [6.07, 6.45) is -0.218. The fourth-order valence-electron chi connectivity index (χ4n) is 4.50. The molecule has 5 N–H and O–H groups in total. The standard InChI is InChI=1S/C20H23ClF3N7O4S/c1-19(2)16(28-18(33)34)29-20(3,11-6-7-25-36(11,19)35)14-10(22)4-5-12(26-14)27-15(32)13-9(21)8-31(30-13)17(23)24/h4-5,8,11,17,25,35H,6-7H2,1-3H3,(H,28,29)(H,33,34)(H,26,27,32)/t11-,20-/m0/s1. The molecular weight excluding hydrogens is 527 g/mol. The van der Waals surface area contributed by atoms with Crippen molar-refractivity contribution >= 4 is 45.7 Å². The molecule has 0 saturated carbocycles.